The molecule has 1 aliphatic rings. The van der Waals surface area contributed by atoms with Crippen LogP contribution in [0.25, 0.3) is 0 Å². The number of nitrogens with two attached hydrogens (primary N) is 1. The monoisotopic (exact) mass is 322 g/mol. The fourth-order valence-corrected chi connectivity index (χ4v) is 3.00. The van der Waals surface area contributed by atoms with Gasteiger partial charge in [0.25, 0.3) is 5.91 Å². The van der Waals surface area contributed by atoms with Crippen molar-refractivity contribution in [2.24, 2.45) is 11.7 Å². The van der Waals surface area contributed by atoms with Gasteiger partial charge in [-0.25, -0.2) is 0 Å². The third-order valence-electron chi connectivity index (χ3n) is 4.51. The second-order valence-electron chi connectivity index (χ2n) is 5.90. The minimum absolute atomic E-state index is 0.0501. The number of benzene rings is 1. The summed E-state index contributed by atoms with van der Waals surface area (Å²) >= 11 is 0. The van der Waals surface area contributed by atoms with E-state index in [0.29, 0.717) is 41.8 Å². The molecule has 0 aliphatic carbocycles. The van der Waals surface area contributed by atoms with Crippen molar-refractivity contribution in [2.45, 2.75) is 25.8 Å². The fourth-order valence-electron chi connectivity index (χ4n) is 3.00. The maximum atomic E-state index is 12.8. The van der Waals surface area contributed by atoms with Crippen molar-refractivity contribution >= 4 is 5.91 Å². The Morgan fingerprint density at radius 1 is 1.09 bits per heavy atom. The first-order valence-corrected chi connectivity index (χ1v) is 7.86. The molecule has 1 aliphatic heterocycles. The summed E-state index contributed by atoms with van der Waals surface area (Å²) in [4.78, 5) is 14.7. The van der Waals surface area contributed by atoms with Crippen molar-refractivity contribution in [2.75, 3.05) is 34.4 Å². The molecular weight excluding hydrogens is 296 g/mol. The van der Waals surface area contributed by atoms with Crippen LogP contribution in [0.3, 0.4) is 0 Å². The number of methoxy groups -OCH3 is 3. The predicted molar refractivity (Wildman–Crippen MR) is 88.4 cm³/mol. The van der Waals surface area contributed by atoms with Crippen LogP contribution in [0.5, 0.6) is 17.2 Å². The van der Waals surface area contributed by atoms with E-state index in [-0.39, 0.29) is 11.9 Å². The first-order chi connectivity index (χ1) is 11.0. The number of hydrogen-bond acceptors (Lipinski definition) is 5. The summed E-state index contributed by atoms with van der Waals surface area (Å²) in [5.41, 5.74) is 6.45. The van der Waals surface area contributed by atoms with Crippen molar-refractivity contribution in [3.05, 3.63) is 17.7 Å². The Morgan fingerprint density at radius 3 is 2.09 bits per heavy atom. The Balaban J connectivity index is 2.22. The van der Waals surface area contributed by atoms with Crippen molar-refractivity contribution in [1.82, 2.24) is 4.90 Å². The third kappa shape index (κ3) is 3.69. The van der Waals surface area contributed by atoms with Gasteiger partial charge >= 0.3 is 0 Å². The molecule has 6 nitrogen and oxygen atoms in total. The average molecular weight is 322 g/mol. The Kier molecular flexibility index (Phi) is 5.71. The summed E-state index contributed by atoms with van der Waals surface area (Å²) in [6.07, 6.45) is 1.86. The van der Waals surface area contributed by atoms with Crippen LogP contribution in [0.2, 0.25) is 0 Å². The van der Waals surface area contributed by atoms with Crippen LogP contribution in [0, 0.1) is 5.92 Å². The summed E-state index contributed by atoms with van der Waals surface area (Å²) in [6.45, 7) is 3.45. The lowest BCUT2D eigenvalue weighted by molar-refractivity contribution is 0.0677. The number of carbonyl (C=O) groups is 1. The lowest BCUT2D eigenvalue weighted by Gasteiger charge is -2.34. The summed E-state index contributed by atoms with van der Waals surface area (Å²) in [7, 11) is 4.64. The number of likely N-dealkylation sites (tertiary alicyclic amines) is 1. The number of hydrogen-bond donors (Lipinski definition) is 1. The van der Waals surface area contributed by atoms with E-state index in [1.54, 1.807) is 33.5 Å². The molecule has 1 saturated heterocycles. The van der Waals surface area contributed by atoms with Gasteiger partial charge in [-0.2, -0.15) is 0 Å². The fraction of sp³-hybridized carbons (Fsp3) is 0.588. The standard InChI is InChI=1S/C17H26N2O4/c1-11(18)12-5-7-19(8-6-12)17(20)13-9-15(22-3)16(23-4)10-14(13)21-2/h9-12H,5-8,18H2,1-4H3. The molecule has 1 unspecified atom stereocenters. The van der Waals surface area contributed by atoms with E-state index in [4.69, 9.17) is 19.9 Å². The van der Waals surface area contributed by atoms with Gasteiger partial charge in [-0.15, -0.1) is 0 Å². The van der Waals surface area contributed by atoms with Crippen LogP contribution in [0.4, 0.5) is 0 Å². The highest BCUT2D eigenvalue weighted by molar-refractivity contribution is 5.98. The Hall–Kier alpha value is -1.95. The zero-order valence-corrected chi connectivity index (χ0v) is 14.3. The topological polar surface area (TPSA) is 74.0 Å². The molecule has 1 aromatic carbocycles. The first kappa shape index (κ1) is 17.4. The third-order valence-corrected chi connectivity index (χ3v) is 4.51. The van der Waals surface area contributed by atoms with E-state index in [2.05, 4.69) is 0 Å². The van der Waals surface area contributed by atoms with E-state index in [1.165, 1.54) is 0 Å². The zero-order valence-electron chi connectivity index (χ0n) is 14.3. The number of ether oxygens (including phenoxy) is 3. The smallest absolute Gasteiger partial charge is 0.257 e. The average Bonchev–Trinajstić information content (AvgIpc) is 2.59. The normalized spacial score (nSPS) is 16.8. The zero-order chi connectivity index (χ0) is 17.0. The molecule has 1 aromatic rings. The second-order valence-corrected chi connectivity index (χ2v) is 5.90. The lowest BCUT2D eigenvalue weighted by Crippen LogP contribution is -2.42. The molecule has 1 fully saturated rings. The molecule has 0 aromatic heterocycles. The lowest BCUT2D eigenvalue weighted by atomic mass is 9.90. The van der Waals surface area contributed by atoms with Gasteiger partial charge in [-0.1, -0.05) is 0 Å². The molecule has 2 rings (SSSR count). The van der Waals surface area contributed by atoms with Crippen LogP contribution in [0.1, 0.15) is 30.1 Å². The number of nitrogens with zero attached hydrogens (tertiary/aromatic N) is 1. The molecule has 0 saturated carbocycles. The molecule has 0 spiro atoms. The van der Waals surface area contributed by atoms with E-state index in [9.17, 15) is 4.79 Å². The van der Waals surface area contributed by atoms with Gasteiger partial charge in [0.05, 0.1) is 26.9 Å². The Bertz CT molecular complexity index is 552. The molecule has 128 valence electrons. The molecule has 1 amide bonds. The van der Waals surface area contributed by atoms with Crippen molar-refractivity contribution < 1.29 is 19.0 Å². The Labute approximate surface area is 137 Å². The SMILES string of the molecule is COc1cc(OC)c(C(=O)N2CCC(C(C)N)CC2)cc1OC. The number of rotatable bonds is 5. The van der Waals surface area contributed by atoms with E-state index in [1.807, 2.05) is 11.8 Å². The maximum absolute atomic E-state index is 12.8. The van der Waals surface area contributed by atoms with Gasteiger partial charge in [-0.05, 0) is 25.7 Å². The highest BCUT2D eigenvalue weighted by atomic mass is 16.5. The van der Waals surface area contributed by atoms with Crippen LogP contribution in [-0.2, 0) is 0 Å². The number of piperidine rings is 1. The molecular formula is C17H26N2O4. The molecule has 2 N–H and O–H groups in total. The first-order valence-electron chi connectivity index (χ1n) is 7.86. The Morgan fingerprint density at radius 2 is 1.61 bits per heavy atom. The minimum atomic E-state index is -0.0501. The largest absolute Gasteiger partial charge is 0.496 e. The van der Waals surface area contributed by atoms with Crippen molar-refractivity contribution in [3.8, 4) is 17.2 Å². The predicted octanol–water partition coefficient (Wildman–Crippen LogP) is 1.91. The molecule has 1 atom stereocenters. The van der Waals surface area contributed by atoms with Crippen molar-refractivity contribution in [1.29, 1.82) is 0 Å². The van der Waals surface area contributed by atoms with Crippen molar-refractivity contribution in [3.63, 3.8) is 0 Å². The molecule has 0 bridgehead atoms. The van der Waals surface area contributed by atoms with E-state index >= 15 is 0 Å². The summed E-state index contributed by atoms with van der Waals surface area (Å²) in [6, 6.07) is 3.53. The summed E-state index contributed by atoms with van der Waals surface area (Å²) in [5, 5.41) is 0. The van der Waals surface area contributed by atoms with Crippen LogP contribution < -0.4 is 19.9 Å². The molecule has 1 heterocycles. The molecule has 23 heavy (non-hydrogen) atoms. The van der Waals surface area contributed by atoms with Gasteiger partial charge in [0.2, 0.25) is 0 Å². The minimum Gasteiger partial charge on any atom is -0.496 e. The quantitative estimate of drug-likeness (QED) is 0.896. The number of amides is 1. The van der Waals surface area contributed by atoms with Gasteiger partial charge in [0, 0.05) is 31.3 Å². The highest BCUT2D eigenvalue weighted by Crippen LogP contribution is 2.35. The molecule has 6 heteroatoms. The van der Waals surface area contributed by atoms with Gasteiger partial charge in [-0.3, -0.25) is 4.79 Å². The van der Waals surface area contributed by atoms with E-state index in [0.717, 1.165) is 12.8 Å². The van der Waals surface area contributed by atoms with Crippen LogP contribution >= 0.6 is 0 Å². The highest BCUT2D eigenvalue weighted by Gasteiger charge is 2.28. The van der Waals surface area contributed by atoms with Gasteiger partial charge < -0.3 is 24.8 Å². The van der Waals surface area contributed by atoms with E-state index < -0.39 is 0 Å². The summed E-state index contributed by atoms with van der Waals surface area (Å²) < 4.78 is 15.9. The second kappa shape index (κ2) is 7.55. The maximum Gasteiger partial charge on any atom is 0.257 e. The summed E-state index contributed by atoms with van der Waals surface area (Å²) in [5.74, 6) is 1.97. The molecule has 0 radical (unpaired) electrons. The van der Waals surface area contributed by atoms with Crippen LogP contribution in [-0.4, -0.2) is 51.3 Å². The van der Waals surface area contributed by atoms with Crippen LogP contribution in [0.15, 0.2) is 12.1 Å². The number of carbonyl (C=O) groups excluding carboxylic acids is 1. The van der Waals surface area contributed by atoms with Gasteiger partial charge in [0.15, 0.2) is 11.5 Å². The van der Waals surface area contributed by atoms with Gasteiger partial charge in [0.1, 0.15) is 5.75 Å².